The Hall–Kier alpha value is -3.13. The molecule has 3 heterocycles. The predicted molar refractivity (Wildman–Crippen MR) is 101 cm³/mol. The Kier molecular flexibility index (Phi) is 4.41. The van der Waals surface area contributed by atoms with Gasteiger partial charge in [0.25, 0.3) is 0 Å². The van der Waals surface area contributed by atoms with Gasteiger partial charge in [0.15, 0.2) is 12.4 Å². The SMILES string of the molecule is COc1ccccc1-c1cc(COC(=O)c2cc3c(C)nn(C)c3s2)on1. The Bertz CT molecular complexity index is 1090. The first-order valence-corrected chi connectivity index (χ1v) is 9.07. The maximum Gasteiger partial charge on any atom is 0.348 e. The number of fused-ring (bicyclic) bond motifs is 1. The van der Waals surface area contributed by atoms with Crippen molar-refractivity contribution in [2.45, 2.75) is 13.5 Å². The van der Waals surface area contributed by atoms with Crippen molar-refractivity contribution in [3.63, 3.8) is 0 Å². The number of nitrogens with zero attached hydrogens (tertiary/aromatic N) is 3. The smallest absolute Gasteiger partial charge is 0.348 e. The molecule has 8 heteroatoms. The minimum Gasteiger partial charge on any atom is -0.496 e. The van der Waals surface area contributed by atoms with Crippen LogP contribution >= 0.6 is 11.3 Å². The monoisotopic (exact) mass is 383 g/mol. The van der Waals surface area contributed by atoms with Crippen LogP contribution in [0.3, 0.4) is 0 Å². The van der Waals surface area contributed by atoms with Gasteiger partial charge in [-0.25, -0.2) is 4.79 Å². The van der Waals surface area contributed by atoms with Gasteiger partial charge in [-0.05, 0) is 25.1 Å². The number of carbonyl (C=O) groups excluding carboxylic acids is 1. The summed E-state index contributed by atoms with van der Waals surface area (Å²) in [5, 5.41) is 9.34. The van der Waals surface area contributed by atoms with Gasteiger partial charge in [-0.1, -0.05) is 17.3 Å². The molecular weight excluding hydrogens is 366 g/mol. The second-order valence-corrected chi connectivity index (χ2v) is 7.02. The summed E-state index contributed by atoms with van der Waals surface area (Å²) in [5.74, 6) is 0.762. The van der Waals surface area contributed by atoms with Crippen molar-refractivity contribution in [3.8, 4) is 17.0 Å². The van der Waals surface area contributed by atoms with Gasteiger partial charge >= 0.3 is 5.97 Å². The number of thiophene rings is 1. The van der Waals surface area contributed by atoms with Crippen LogP contribution in [0.15, 0.2) is 40.9 Å². The third-order valence-electron chi connectivity index (χ3n) is 4.18. The second kappa shape index (κ2) is 6.88. The molecule has 0 saturated carbocycles. The Balaban J connectivity index is 1.48. The van der Waals surface area contributed by atoms with Crippen molar-refractivity contribution in [2.24, 2.45) is 7.05 Å². The maximum absolute atomic E-state index is 12.4. The van der Waals surface area contributed by atoms with Gasteiger partial charge in [-0.15, -0.1) is 11.3 Å². The van der Waals surface area contributed by atoms with E-state index in [0.717, 1.165) is 21.5 Å². The van der Waals surface area contributed by atoms with Gasteiger partial charge in [0.2, 0.25) is 0 Å². The van der Waals surface area contributed by atoms with Crippen LogP contribution in [0.2, 0.25) is 0 Å². The van der Waals surface area contributed by atoms with Gasteiger partial charge in [0, 0.05) is 24.1 Å². The van der Waals surface area contributed by atoms with Crippen LogP contribution in [-0.2, 0) is 18.4 Å². The maximum atomic E-state index is 12.4. The van der Waals surface area contributed by atoms with E-state index < -0.39 is 5.97 Å². The highest BCUT2D eigenvalue weighted by Crippen LogP contribution is 2.30. The first-order valence-electron chi connectivity index (χ1n) is 8.26. The molecule has 4 rings (SSSR count). The average molecular weight is 383 g/mol. The summed E-state index contributed by atoms with van der Waals surface area (Å²) in [6.45, 7) is 1.92. The highest BCUT2D eigenvalue weighted by molar-refractivity contribution is 7.20. The van der Waals surface area contributed by atoms with Crippen LogP contribution < -0.4 is 4.74 Å². The minimum absolute atomic E-state index is 0.00641. The molecule has 3 aromatic heterocycles. The van der Waals surface area contributed by atoms with Crippen LogP contribution in [0, 0.1) is 6.92 Å². The summed E-state index contributed by atoms with van der Waals surface area (Å²) in [5.41, 5.74) is 2.33. The van der Waals surface area contributed by atoms with Crippen LogP contribution in [0.5, 0.6) is 5.75 Å². The van der Waals surface area contributed by atoms with Crippen molar-refractivity contribution in [3.05, 3.63) is 52.7 Å². The summed E-state index contributed by atoms with van der Waals surface area (Å²) in [7, 11) is 3.46. The largest absolute Gasteiger partial charge is 0.496 e. The highest BCUT2D eigenvalue weighted by atomic mass is 32.1. The lowest BCUT2D eigenvalue weighted by molar-refractivity contribution is 0.0443. The number of aromatic nitrogens is 3. The molecule has 0 aliphatic carbocycles. The number of benzene rings is 1. The van der Waals surface area contributed by atoms with E-state index in [1.165, 1.54) is 11.3 Å². The van der Waals surface area contributed by atoms with E-state index >= 15 is 0 Å². The number of esters is 1. The number of aryl methyl sites for hydroxylation is 2. The molecule has 0 aliphatic rings. The molecule has 0 N–H and O–H groups in total. The van der Waals surface area contributed by atoms with E-state index in [2.05, 4.69) is 10.3 Å². The first-order chi connectivity index (χ1) is 13.1. The zero-order valence-corrected chi connectivity index (χ0v) is 15.9. The van der Waals surface area contributed by atoms with E-state index in [9.17, 15) is 4.79 Å². The molecule has 0 radical (unpaired) electrons. The normalized spacial score (nSPS) is 11.1. The van der Waals surface area contributed by atoms with E-state index in [1.807, 2.05) is 44.3 Å². The summed E-state index contributed by atoms with van der Waals surface area (Å²) in [4.78, 5) is 13.8. The lowest BCUT2D eigenvalue weighted by Gasteiger charge is -2.03. The van der Waals surface area contributed by atoms with Crippen molar-refractivity contribution in [1.29, 1.82) is 0 Å². The zero-order valence-electron chi connectivity index (χ0n) is 15.1. The summed E-state index contributed by atoms with van der Waals surface area (Å²) < 4.78 is 17.8. The summed E-state index contributed by atoms with van der Waals surface area (Å²) in [6.07, 6.45) is 0. The van der Waals surface area contributed by atoms with E-state index in [0.29, 0.717) is 22.1 Å². The lowest BCUT2D eigenvalue weighted by atomic mass is 10.1. The Morgan fingerprint density at radius 3 is 2.89 bits per heavy atom. The van der Waals surface area contributed by atoms with Crippen LogP contribution in [0.1, 0.15) is 21.1 Å². The van der Waals surface area contributed by atoms with Gasteiger partial charge in [0.1, 0.15) is 21.2 Å². The Labute approximate surface area is 159 Å². The van der Waals surface area contributed by atoms with Gasteiger partial charge in [0.05, 0.1) is 12.8 Å². The topological polar surface area (TPSA) is 79.4 Å². The molecular formula is C19H17N3O4S. The fourth-order valence-electron chi connectivity index (χ4n) is 2.88. The first kappa shape index (κ1) is 17.3. The molecule has 138 valence electrons. The minimum atomic E-state index is -0.397. The summed E-state index contributed by atoms with van der Waals surface area (Å²) in [6, 6.07) is 11.1. The highest BCUT2D eigenvalue weighted by Gasteiger charge is 2.17. The van der Waals surface area contributed by atoms with E-state index in [1.54, 1.807) is 17.9 Å². The van der Waals surface area contributed by atoms with Gasteiger partial charge in [-0.3, -0.25) is 4.68 Å². The molecule has 0 saturated heterocycles. The number of para-hydroxylation sites is 1. The standard InChI is InChI=1S/C19H17N3O4S/c1-11-14-9-17(27-18(14)22(2)20-11)19(23)25-10-12-8-15(21-26-12)13-6-4-5-7-16(13)24-3/h4-9H,10H2,1-3H3. The quantitative estimate of drug-likeness (QED) is 0.485. The Morgan fingerprint density at radius 2 is 2.11 bits per heavy atom. The molecule has 4 aromatic rings. The Morgan fingerprint density at radius 1 is 1.30 bits per heavy atom. The zero-order chi connectivity index (χ0) is 19.0. The fourth-order valence-corrected chi connectivity index (χ4v) is 3.89. The molecule has 0 bridgehead atoms. The number of carbonyl (C=O) groups is 1. The van der Waals surface area contributed by atoms with E-state index in [4.69, 9.17) is 14.0 Å². The van der Waals surface area contributed by atoms with Gasteiger partial charge < -0.3 is 14.0 Å². The summed E-state index contributed by atoms with van der Waals surface area (Å²) >= 11 is 1.36. The molecule has 0 fully saturated rings. The van der Waals surface area contributed by atoms with Gasteiger partial charge in [-0.2, -0.15) is 5.10 Å². The molecule has 0 unspecified atom stereocenters. The van der Waals surface area contributed by atoms with Crippen LogP contribution in [0.4, 0.5) is 0 Å². The third-order valence-corrected chi connectivity index (χ3v) is 5.37. The number of rotatable bonds is 5. The molecule has 0 amide bonds. The fraction of sp³-hybridized carbons (Fsp3) is 0.211. The van der Waals surface area contributed by atoms with Crippen molar-refractivity contribution in [2.75, 3.05) is 7.11 Å². The van der Waals surface area contributed by atoms with Crippen LogP contribution in [0.25, 0.3) is 21.5 Å². The lowest BCUT2D eigenvalue weighted by Crippen LogP contribution is -2.02. The molecule has 7 nitrogen and oxygen atoms in total. The van der Waals surface area contributed by atoms with Crippen molar-refractivity contribution < 1.29 is 18.8 Å². The molecule has 0 atom stereocenters. The molecule has 0 aliphatic heterocycles. The molecule has 1 aromatic carbocycles. The number of ether oxygens (including phenoxy) is 2. The third kappa shape index (κ3) is 3.19. The second-order valence-electron chi connectivity index (χ2n) is 5.99. The number of hydrogen-bond acceptors (Lipinski definition) is 7. The average Bonchev–Trinajstić information content (AvgIpc) is 3.38. The van der Waals surface area contributed by atoms with Crippen molar-refractivity contribution in [1.82, 2.24) is 14.9 Å². The number of hydrogen-bond donors (Lipinski definition) is 0. The van der Waals surface area contributed by atoms with E-state index in [-0.39, 0.29) is 6.61 Å². The van der Waals surface area contributed by atoms with Crippen LogP contribution in [-0.4, -0.2) is 28.0 Å². The number of methoxy groups -OCH3 is 1. The van der Waals surface area contributed by atoms with Crippen molar-refractivity contribution >= 4 is 27.5 Å². The molecule has 0 spiro atoms. The predicted octanol–water partition coefficient (Wildman–Crippen LogP) is 3.96. The molecule has 27 heavy (non-hydrogen) atoms.